The monoisotopic (exact) mass is 539 g/mol. The highest BCUT2D eigenvalue weighted by Gasteiger charge is 2.34. The SMILES string of the molecule is CN1CCc2ccc(O)cc2C1C(=O)NC(Cc1ccccc1CC(NC(=O)CC(C)(C)C)C(=O)O)C(=O)O. The van der Waals surface area contributed by atoms with Crippen LogP contribution in [0.3, 0.4) is 0 Å². The number of nitrogens with one attached hydrogen (secondary N) is 2. The number of phenolic OH excluding ortho intramolecular Hbond substituents is 1. The summed E-state index contributed by atoms with van der Waals surface area (Å²) in [6.45, 7) is 6.23. The lowest BCUT2D eigenvalue weighted by atomic mass is 9.91. The molecular formula is C29H37N3O7. The molecule has 10 heteroatoms. The topological polar surface area (TPSA) is 156 Å². The number of hydrogen-bond donors (Lipinski definition) is 5. The van der Waals surface area contributed by atoms with Crippen molar-refractivity contribution in [1.82, 2.24) is 15.5 Å². The van der Waals surface area contributed by atoms with Crippen molar-refractivity contribution in [2.24, 2.45) is 5.41 Å². The molecule has 3 unspecified atom stereocenters. The molecule has 39 heavy (non-hydrogen) atoms. The first-order valence-electron chi connectivity index (χ1n) is 12.9. The molecule has 1 aliphatic heterocycles. The van der Waals surface area contributed by atoms with Crippen LogP contribution in [-0.2, 0) is 38.4 Å². The highest BCUT2D eigenvalue weighted by atomic mass is 16.4. The van der Waals surface area contributed by atoms with Crippen molar-refractivity contribution in [2.45, 2.75) is 64.6 Å². The Labute approximate surface area is 228 Å². The zero-order valence-electron chi connectivity index (χ0n) is 22.7. The molecule has 0 spiro atoms. The lowest BCUT2D eigenvalue weighted by Crippen LogP contribution is -2.49. The van der Waals surface area contributed by atoms with Gasteiger partial charge in [-0.15, -0.1) is 0 Å². The van der Waals surface area contributed by atoms with Crippen molar-refractivity contribution in [1.29, 1.82) is 0 Å². The second-order valence-electron chi connectivity index (χ2n) is 11.3. The van der Waals surface area contributed by atoms with E-state index in [2.05, 4.69) is 10.6 Å². The van der Waals surface area contributed by atoms with Gasteiger partial charge in [0.05, 0.1) is 0 Å². The summed E-state index contributed by atoms with van der Waals surface area (Å²) < 4.78 is 0. The van der Waals surface area contributed by atoms with Crippen molar-refractivity contribution >= 4 is 23.8 Å². The number of rotatable bonds is 10. The molecule has 3 atom stereocenters. The van der Waals surface area contributed by atoms with E-state index in [-0.39, 0.29) is 36.3 Å². The molecule has 1 heterocycles. The predicted molar refractivity (Wildman–Crippen MR) is 144 cm³/mol. The first-order chi connectivity index (χ1) is 18.2. The first kappa shape index (κ1) is 29.6. The number of likely N-dealkylation sites (N-methyl/N-ethyl adjacent to an activating group) is 1. The number of phenols is 1. The number of carboxylic acid groups (broad SMARTS) is 2. The van der Waals surface area contributed by atoms with Crippen LogP contribution in [0.2, 0.25) is 0 Å². The quantitative estimate of drug-likeness (QED) is 0.308. The molecule has 2 aromatic carbocycles. The highest BCUT2D eigenvalue weighted by molar-refractivity contribution is 5.88. The molecule has 210 valence electrons. The maximum absolute atomic E-state index is 13.4. The fourth-order valence-electron chi connectivity index (χ4n) is 4.84. The number of aromatic hydroxyl groups is 1. The molecule has 0 saturated carbocycles. The van der Waals surface area contributed by atoms with Crippen molar-refractivity contribution in [3.8, 4) is 5.75 Å². The van der Waals surface area contributed by atoms with Crippen LogP contribution in [0, 0.1) is 5.41 Å². The smallest absolute Gasteiger partial charge is 0.326 e. The third kappa shape index (κ3) is 8.03. The third-order valence-electron chi connectivity index (χ3n) is 6.75. The average molecular weight is 540 g/mol. The van der Waals surface area contributed by atoms with Gasteiger partial charge in [-0.2, -0.15) is 0 Å². The van der Waals surface area contributed by atoms with Gasteiger partial charge in [-0.25, -0.2) is 9.59 Å². The normalized spacial score (nSPS) is 17.0. The lowest BCUT2D eigenvalue weighted by Gasteiger charge is -2.34. The number of carboxylic acids is 2. The van der Waals surface area contributed by atoms with Gasteiger partial charge in [0, 0.05) is 25.8 Å². The molecule has 10 nitrogen and oxygen atoms in total. The van der Waals surface area contributed by atoms with E-state index in [0.29, 0.717) is 29.7 Å². The molecule has 5 N–H and O–H groups in total. The summed E-state index contributed by atoms with van der Waals surface area (Å²) in [6, 6.07) is 8.41. The van der Waals surface area contributed by atoms with E-state index >= 15 is 0 Å². The van der Waals surface area contributed by atoms with Crippen molar-refractivity contribution in [2.75, 3.05) is 13.6 Å². The minimum absolute atomic E-state index is 0.0214. The number of hydrogen-bond acceptors (Lipinski definition) is 6. The average Bonchev–Trinajstić information content (AvgIpc) is 2.82. The van der Waals surface area contributed by atoms with Gasteiger partial charge in [-0.05, 0) is 53.3 Å². The molecule has 0 saturated heterocycles. The van der Waals surface area contributed by atoms with Crippen LogP contribution in [0.4, 0.5) is 0 Å². The Bertz CT molecular complexity index is 1240. The van der Waals surface area contributed by atoms with Crippen molar-refractivity contribution in [3.63, 3.8) is 0 Å². The second-order valence-corrected chi connectivity index (χ2v) is 11.3. The number of fused-ring (bicyclic) bond motifs is 1. The molecule has 0 radical (unpaired) electrons. The summed E-state index contributed by atoms with van der Waals surface area (Å²) in [6.07, 6.45) is 0.729. The number of aliphatic carboxylic acids is 2. The summed E-state index contributed by atoms with van der Waals surface area (Å²) in [5.41, 5.74) is 2.34. The minimum atomic E-state index is -1.28. The highest BCUT2D eigenvalue weighted by Crippen LogP contribution is 2.31. The summed E-state index contributed by atoms with van der Waals surface area (Å²) in [5, 5.41) is 34.9. The Balaban J connectivity index is 1.79. The molecule has 1 aliphatic rings. The third-order valence-corrected chi connectivity index (χ3v) is 6.75. The van der Waals surface area contributed by atoms with E-state index in [4.69, 9.17) is 0 Å². The minimum Gasteiger partial charge on any atom is -0.508 e. The molecule has 2 aromatic rings. The molecule has 0 fully saturated rings. The fourth-order valence-corrected chi connectivity index (χ4v) is 4.84. The molecule has 0 aromatic heterocycles. The number of amides is 2. The Morgan fingerprint density at radius 3 is 2.05 bits per heavy atom. The summed E-state index contributed by atoms with van der Waals surface area (Å²) in [4.78, 5) is 51.7. The molecule has 0 bridgehead atoms. The van der Waals surface area contributed by atoms with Crippen LogP contribution < -0.4 is 10.6 Å². The van der Waals surface area contributed by atoms with Gasteiger partial charge in [-0.1, -0.05) is 51.1 Å². The van der Waals surface area contributed by atoms with E-state index in [1.54, 1.807) is 43.4 Å². The Morgan fingerprint density at radius 1 is 0.949 bits per heavy atom. The van der Waals surface area contributed by atoms with Crippen LogP contribution in [0.5, 0.6) is 5.75 Å². The van der Waals surface area contributed by atoms with Crippen LogP contribution >= 0.6 is 0 Å². The lowest BCUT2D eigenvalue weighted by molar-refractivity contribution is -0.143. The zero-order valence-corrected chi connectivity index (χ0v) is 22.7. The molecule has 3 rings (SSSR count). The second kappa shape index (κ2) is 12.3. The van der Waals surface area contributed by atoms with Gasteiger partial charge in [-0.3, -0.25) is 14.5 Å². The van der Waals surface area contributed by atoms with E-state index in [9.17, 15) is 34.5 Å². The van der Waals surface area contributed by atoms with Crippen LogP contribution in [0.15, 0.2) is 42.5 Å². The molecular weight excluding hydrogens is 502 g/mol. The molecule has 0 aliphatic carbocycles. The van der Waals surface area contributed by atoms with Crippen LogP contribution in [0.25, 0.3) is 0 Å². The molecule has 2 amide bonds. The Kier molecular flexibility index (Phi) is 9.34. The van der Waals surface area contributed by atoms with Gasteiger partial charge in [0.25, 0.3) is 0 Å². The zero-order chi connectivity index (χ0) is 28.9. The van der Waals surface area contributed by atoms with Gasteiger partial charge in [0.1, 0.15) is 23.9 Å². The first-order valence-corrected chi connectivity index (χ1v) is 12.9. The Hall–Kier alpha value is -3.92. The Morgan fingerprint density at radius 2 is 1.51 bits per heavy atom. The summed E-state index contributed by atoms with van der Waals surface area (Å²) in [7, 11) is 1.77. The van der Waals surface area contributed by atoms with E-state index in [1.165, 1.54) is 6.07 Å². The van der Waals surface area contributed by atoms with E-state index in [1.807, 2.05) is 25.7 Å². The van der Waals surface area contributed by atoms with Crippen molar-refractivity contribution < 1.29 is 34.5 Å². The van der Waals surface area contributed by atoms with Crippen LogP contribution in [-0.4, -0.2) is 69.6 Å². The predicted octanol–water partition coefficient (Wildman–Crippen LogP) is 2.28. The standard InChI is InChI=1S/C29H37N3O7/c1-29(2,3)16-24(34)30-22(27(36)37)13-18-7-5-6-8-19(18)14-23(28(38)39)31-26(35)25-21-15-20(33)10-9-17(21)11-12-32(25)4/h5-10,15,22-23,25,33H,11-14,16H2,1-4H3,(H,30,34)(H,31,35)(H,36,37)(H,38,39). The summed E-state index contributed by atoms with van der Waals surface area (Å²) in [5.74, 6) is -3.30. The summed E-state index contributed by atoms with van der Waals surface area (Å²) >= 11 is 0. The number of carbonyl (C=O) groups is 4. The number of nitrogens with zero attached hydrogens (tertiary/aromatic N) is 1. The van der Waals surface area contributed by atoms with Crippen molar-refractivity contribution in [3.05, 3.63) is 64.7 Å². The van der Waals surface area contributed by atoms with Gasteiger partial charge >= 0.3 is 11.9 Å². The van der Waals surface area contributed by atoms with Gasteiger partial charge in [0.15, 0.2) is 0 Å². The maximum Gasteiger partial charge on any atom is 0.326 e. The number of benzene rings is 2. The maximum atomic E-state index is 13.4. The number of carbonyl (C=O) groups excluding carboxylic acids is 2. The van der Waals surface area contributed by atoms with Gasteiger partial charge < -0.3 is 26.0 Å². The van der Waals surface area contributed by atoms with E-state index in [0.717, 1.165) is 5.56 Å². The van der Waals surface area contributed by atoms with Gasteiger partial charge in [0.2, 0.25) is 11.8 Å². The fraction of sp³-hybridized carbons (Fsp3) is 0.448. The van der Waals surface area contributed by atoms with Crippen LogP contribution in [0.1, 0.15) is 55.5 Å². The van der Waals surface area contributed by atoms with E-state index < -0.39 is 36.0 Å². The largest absolute Gasteiger partial charge is 0.508 e.